The minimum atomic E-state index is 0.332. The van der Waals surface area contributed by atoms with Gasteiger partial charge >= 0.3 is 0 Å². The Labute approximate surface area is 122 Å². The van der Waals surface area contributed by atoms with Crippen LogP contribution in [0.3, 0.4) is 0 Å². The molecule has 0 aromatic carbocycles. The van der Waals surface area contributed by atoms with Gasteiger partial charge in [0.05, 0.1) is 0 Å². The molecule has 2 atom stereocenters. The SMILES string of the molecule is Cc1sc(CN2CC3CNCC3C2(C)C)cc1Br. The van der Waals surface area contributed by atoms with Crippen molar-refractivity contribution in [1.82, 2.24) is 10.2 Å². The van der Waals surface area contributed by atoms with Gasteiger partial charge in [-0.1, -0.05) is 0 Å². The number of fused-ring (bicyclic) bond motifs is 1. The van der Waals surface area contributed by atoms with Crippen LogP contribution >= 0.6 is 27.3 Å². The smallest absolute Gasteiger partial charge is 0.0333 e. The molecule has 3 heterocycles. The summed E-state index contributed by atoms with van der Waals surface area (Å²) < 4.78 is 1.27. The number of thiophene rings is 1. The van der Waals surface area contributed by atoms with Crippen molar-refractivity contribution in [3.63, 3.8) is 0 Å². The number of aryl methyl sites for hydroxylation is 1. The predicted octanol–water partition coefficient (Wildman–Crippen LogP) is 3.25. The summed E-state index contributed by atoms with van der Waals surface area (Å²) in [6, 6.07) is 2.29. The monoisotopic (exact) mass is 328 g/mol. The van der Waals surface area contributed by atoms with E-state index in [0.29, 0.717) is 5.54 Å². The van der Waals surface area contributed by atoms with Crippen LogP contribution in [0, 0.1) is 18.8 Å². The summed E-state index contributed by atoms with van der Waals surface area (Å²) in [7, 11) is 0. The first-order valence-corrected chi connectivity index (χ1v) is 8.30. The van der Waals surface area contributed by atoms with Crippen LogP contribution in [0.15, 0.2) is 10.5 Å². The Morgan fingerprint density at radius 2 is 2.28 bits per heavy atom. The van der Waals surface area contributed by atoms with Gasteiger partial charge in [0.1, 0.15) is 0 Å². The highest BCUT2D eigenvalue weighted by atomic mass is 79.9. The largest absolute Gasteiger partial charge is 0.316 e. The Bertz CT molecular complexity index is 435. The van der Waals surface area contributed by atoms with Crippen LogP contribution in [0.1, 0.15) is 23.6 Å². The fourth-order valence-electron chi connectivity index (χ4n) is 3.56. The van der Waals surface area contributed by atoms with Gasteiger partial charge in [-0.3, -0.25) is 4.90 Å². The van der Waals surface area contributed by atoms with Crippen molar-refractivity contribution < 1.29 is 0 Å². The highest BCUT2D eigenvalue weighted by Crippen LogP contribution is 2.42. The summed E-state index contributed by atoms with van der Waals surface area (Å²) in [5, 5.41) is 3.55. The average molecular weight is 329 g/mol. The molecule has 2 aliphatic heterocycles. The zero-order valence-corrected chi connectivity index (χ0v) is 13.7. The second-order valence-corrected chi connectivity index (χ2v) is 8.37. The van der Waals surface area contributed by atoms with Gasteiger partial charge in [0.25, 0.3) is 0 Å². The highest BCUT2D eigenvalue weighted by Gasteiger charge is 2.49. The van der Waals surface area contributed by atoms with E-state index in [9.17, 15) is 0 Å². The molecule has 1 aromatic rings. The zero-order chi connectivity index (χ0) is 12.9. The van der Waals surface area contributed by atoms with Crippen molar-refractivity contribution in [2.24, 2.45) is 11.8 Å². The van der Waals surface area contributed by atoms with E-state index in [1.165, 1.54) is 33.9 Å². The molecule has 1 aromatic heterocycles. The third-order valence-corrected chi connectivity index (χ3v) is 6.89. The molecule has 2 nitrogen and oxygen atoms in total. The van der Waals surface area contributed by atoms with E-state index in [0.717, 1.165) is 18.4 Å². The van der Waals surface area contributed by atoms with Crippen molar-refractivity contribution in [3.8, 4) is 0 Å². The molecule has 2 aliphatic rings. The molecule has 2 unspecified atom stereocenters. The molecule has 100 valence electrons. The first-order chi connectivity index (χ1) is 8.48. The van der Waals surface area contributed by atoms with Gasteiger partial charge < -0.3 is 5.32 Å². The standard InChI is InChI=1S/C14H21BrN2S/c1-9-13(15)4-11(18-9)8-17-7-10-5-16-6-12(10)14(17,2)3/h4,10,12,16H,5-8H2,1-3H3. The van der Waals surface area contributed by atoms with Crippen molar-refractivity contribution >= 4 is 27.3 Å². The van der Waals surface area contributed by atoms with E-state index in [1.54, 1.807) is 0 Å². The maximum Gasteiger partial charge on any atom is 0.0333 e. The summed E-state index contributed by atoms with van der Waals surface area (Å²) in [5.74, 6) is 1.67. The molecule has 0 bridgehead atoms. The van der Waals surface area contributed by atoms with Crippen LogP contribution in [0.4, 0.5) is 0 Å². The number of hydrogen-bond acceptors (Lipinski definition) is 3. The van der Waals surface area contributed by atoms with E-state index in [-0.39, 0.29) is 0 Å². The van der Waals surface area contributed by atoms with Crippen LogP contribution < -0.4 is 5.32 Å². The molecule has 1 N–H and O–H groups in total. The fraction of sp³-hybridized carbons (Fsp3) is 0.714. The fourth-order valence-corrected chi connectivity index (χ4v) is 5.17. The lowest BCUT2D eigenvalue weighted by atomic mass is 9.85. The van der Waals surface area contributed by atoms with Gasteiger partial charge in [-0.2, -0.15) is 0 Å². The van der Waals surface area contributed by atoms with Gasteiger partial charge in [-0.15, -0.1) is 11.3 Å². The summed E-state index contributed by atoms with van der Waals surface area (Å²) in [6.45, 7) is 11.8. The minimum Gasteiger partial charge on any atom is -0.316 e. The second kappa shape index (κ2) is 4.58. The van der Waals surface area contributed by atoms with Gasteiger partial charge in [-0.05, 0) is 61.1 Å². The Morgan fingerprint density at radius 3 is 2.89 bits per heavy atom. The van der Waals surface area contributed by atoms with Crippen LogP contribution in [0.2, 0.25) is 0 Å². The first-order valence-electron chi connectivity index (χ1n) is 6.69. The molecule has 2 fully saturated rings. The lowest BCUT2D eigenvalue weighted by molar-refractivity contribution is 0.133. The normalized spacial score (nSPS) is 30.9. The molecular formula is C14H21BrN2S. The van der Waals surface area contributed by atoms with Crippen LogP contribution in [0.5, 0.6) is 0 Å². The van der Waals surface area contributed by atoms with Crippen molar-refractivity contribution in [2.45, 2.75) is 32.9 Å². The molecule has 0 spiro atoms. The van der Waals surface area contributed by atoms with Crippen LogP contribution in [-0.4, -0.2) is 30.1 Å². The quantitative estimate of drug-likeness (QED) is 0.896. The third kappa shape index (κ3) is 2.07. The lowest BCUT2D eigenvalue weighted by Crippen LogP contribution is -2.43. The van der Waals surface area contributed by atoms with Crippen molar-refractivity contribution in [3.05, 3.63) is 20.3 Å². The van der Waals surface area contributed by atoms with Crippen LogP contribution in [-0.2, 0) is 6.54 Å². The number of nitrogens with zero attached hydrogens (tertiary/aromatic N) is 1. The number of nitrogens with one attached hydrogen (secondary N) is 1. The Morgan fingerprint density at radius 1 is 1.50 bits per heavy atom. The lowest BCUT2D eigenvalue weighted by Gasteiger charge is -2.35. The highest BCUT2D eigenvalue weighted by molar-refractivity contribution is 9.10. The molecule has 0 saturated carbocycles. The van der Waals surface area contributed by atoms with E-state index < -0.39 is 0 Å². The predicted molar refractivity (Wildman–Crippen MR) is 81.1 cm³/mol. The summed E-state index contributed by atoms with van der Waals surface area (Å²) in [4.78, 5) is 5.56. The van der Waals surface area contributed by atoms with E-state index >= 15 is 0 Å². The number of hydrogen-bond donors (Lipinski definition) is 1. The summed E-state index contributed by atoms with van der Waals surface area (Å²) in [6.07, 6.45) is 0. The van der Waals surface area contributed by atoms with Gasteiger partial charge in [0, 0.05) is 39.4 Å². The molecular weight excluding hydrogens is 308 g/mol. The Hall–Kier alpha value is 0.100. The van der Waals surface area contributed by atoms with Gasteiger partial charge in [-0.25, -0.2) is 0 Å². The molecule has 0 aliphatic carbocycles. The molecule has 2 saturated heterocycles. The van der Waals surface area contributed by atoms with E-state index in [4.69, 9.17) is 0 Å². The summed E-state index contributed by atoms with van der Waals surface area (Å²) in [5.41, 5.74) is 0.332. The van der Waals surface area contributed by atoms with Gasteiger partial charge in [0.2, 0.25) is 0 Å². The Balaban J connectivity index is 1.77. The number of rotatable bonds is 2. The topological polar surface area (TPSA) is 15.3 Å². The second-order valence-electron chi connectivity index (χ2n) is 6.18. The average Bonchev–Trinajstić information content (AvgIpc) is 2.91. The molecule has 3 rings (SSSR count). The number of likely N-dealkylation sites (tertiary alicyclic amines) is 1. The van der Waals surface area contributed by atoms with Crippen molar-refractivity contribution in [1.29, 1.82) is 0 Å². The minimum absolute atomic E-state index is 0.332. The maximum atomic E-state index is 3.62. The van der Waals surface area contributed by atoms with E-state index in [1.807, 2.05) is 11.3 Å². The maximum absolute atomic E-state index is 3.62. The first kappa shape index (κ1) is 13.1. The molecule has 0 radical (unpaired) electrons. The third-order valence-electron chi connectivity index (χ3n) is 4.77. The molecule has 0 amide bonds. The van der Waals surface area contributed by atoms with Gasteiger partial charge in [0.15, 0.2) is 0 Å². The number of halogens is 1. The van der Waals surface area contributed by atoms with E-state index in [2.05, 4.69) is 53.0 Å². The Kier molecular flexibility index (Phi) is 3.34. The molecule has 4 heteroatoms. The van der Waals surface area contributed by atoms with Crippen LogP contribution in [0.25, 0.3) is 0 Å². The molecule has 18 heavy (non-hydrogen) atoms. The zero-order valence-electron chi connectivity index (χ0n) is 11.3. The summed E-state index contributed by atoms with van der Waals surface area (Å²) >= 11 is 5.55. The van der Waals surface area contributed by atoms with Crippen molar-refractivity contribution in [2.75, 3.05) is 19.6 Å².